The Balaban J connectivity index is 2.17. The van der Waals surface area contributed by atoms with Crippen LogP contribution >= 0.6 is 18.9 Å². The van der Waals surface area contributed by atoms with E-state index in [1.807, 2.05) is 0 Å². The van der Waals surface area contributed by atoms with Gasteiger partial charge in [0.25, 0.3) is 0 Å². The van der Waals surface area contributed by atoms with E-state index in [0.29, 0.717) is 11.5 Å². The van der Waals surface area contributed by atoms with Gasteiger partial charge in [-0.25, -0.2) is 4.79 Å². The van der Waals surface area contributed by atoms with Crippen molar-refractivity contribution in [3.63, 3.8) is 0 Å². The molecule has 0 radical (unpaired) electrons. The SMILES string of the molecule is C=C(CC1(C2=CC=C(C)C(C)C2)C(=O)OC2=C1C=I(C(C)(C)C)=C2C)C(=O)OCC. The molecule has 0 spiro atoms. The Labute approximate surface area is 186 Å². The van der Waals surface area contributed by atoms with Gasteiger partial charge in [-0.2, -0.15) is 0 Å². The van der Waals surface area contributed by atoms with Crippen LogP contribution in [0.2, 0.25) is 0 Å². The molecule has 0 N–H and O–H groups in total. The summed E-state index contributed by atoms with van der Waals surface area (Å²) in [5.41, 5.74) is 2.60. The second kappa shape index (κ2) is 8.13. The fourth-order valence-corrected chi connectivity index (χ4v) is 10.5. The van der Waals surface area contributed by atoms with E-state index in [4.69, 9.17) is 9.47 Å². The molecule has 5 heteroatoms. The van der Waals surface area contributed by atoms with Crippen molar-refractivity contribution in [3.05, 3.63) is 46.8 Å². The number of hydrogen-bond acceptors (Lipinski definition) is 4. The second-order valence-electron chi connectivity index (χ2n) is 9.27. The smallest absolute Gasteiger partial charge is 0.333 e. The highest BCUT2D eigenvalue weighted by Crippen LogP contribution is 2.56. The minimum Gasteiger partial charge on any atom is -0.463 e. The second-order valence-corrected chi connectivity index (χ2v) is 16.5. The van der Waals surface area contributed by atoms with E-state index < -0.39 is 30.3 Å². The summed E-state index contributed by atoms with van der Waals surface area (Å²) in [6, 6.07) is 0. The van der Waals surface area contributed by atoms with Gasteiger partial charge in [-0.1, -0.05) is 52.0 Å². The van der Waals surface area contributed by atoms with Crippen LogP contribution in [0.5, 0.6) is 0 Å². The van der Waals surface area contributed by atoms with E-state index in [0.717, 1.165) is 23.3 Å². The van der Waals surface area contributed by atoms with Crippen LogP contribution in [0.4, 0.5) is 0 Å². The molecular weight excluding hydrogens is 491 g/mol. The first-order valence-electron chi connectivity index (χ1n) is 10.5. The number of rotatable bonds is 5. The Bertz CT molecular complexity index is 1010. The summed E-state index contributed by atoms with van der Waals surface area (Å²) >= 11 is -1.68. The van der Waals surface area contributed by atoms with Crippen LogP contribution in [0.25, 0.3) is 0 Å². The molecule has 0 aromatic heterocycles. The average Bonchev–Trinajstić information content (AvgIpc) is 3.12. The number of carbonyl (C=O) groups excluding carboxylic acids is 2. The van der Waals surface area contributed by atoms with Crippen LogP contribution in [0.15, 0.2) is 46.8 Å². The first-order chi connectivity index (χ1) is 13.9. The summed E-state index contributed by atoms with van der Waals surface area (Å²) in [5, 5.41) is 0. The van der Waals surface area contributed by atoms with E-state index in [2.05, 4.69) is 64.3 Å². The Hall–Kier alpha value is -1.63. The van der Waals surface area contributed by atoms with Gasteiger partial charge in [0.2, 0.25) is 0 Å². The third-order valence-corrected chi connectivity index (χ3v) is 13.1. The lowest BCUT2D eigenvalue weighted by molar-refractivity contribution is -0.143. The largest absolute Gasteiger partial charge is 0.463 e. The van der Waals surface area contributed by atoms with E-state index in [9.17, 15) is 9.59 Å². The first kappa shape index (κ1) is 23.0. The summed E-state index contributed by atoms with van der Waals surface area (Å²) in [5.74, 6) is 0.347. The molecule has 0 saturated carbocycles. The third-order valence-electron chi connectivity index (χ3n) is 6.14. The van der Waals surface area contributed by atoms with Gasteiger partial charge in [0.05, 0.1) is 6.61 Å². The highest BCUT2D eigenvalue weighted by Gasteiger charge is 2.55. The lowest BCUT2D eigenvalue weighted by Gasteiger charge is -2.34. The molecule has 3 aliphatic rings. The maximum Gasteiger partial charge on any atom is 0.333 e. The van der Waals surface area contributed by atoms with Gasteiger partial charge in [-0.05, 0) is 42.7 Å². The van der Waals surface area contributed by atoms with E-state index in [1.54, 1.807) is 6.92 Å². The molecule has 0 fully saturated rings. The molecule has 0 amide bonds. The lowest BCUT2D eigenvalue weighted by Crippen LogP contribution is -2.36. The number of alkyl halides is 1. The van der Waals surface area contributed by atoms with Crippen molar-refractivity contribution in [1.82, 2.24) is 0 Å². The lowest BCUT2D eigenvalue weighted by atomic mass is 9.66. The van der Waals surface area contributed by atoms with E-state index >= 15 is 0 Å². The Morgan fingerprint density at radius 2 is 2.00 bits per heavy atom. The standard InChI is InChI=1S/C25H33IO4/c1-9-29-22(27)17(4)13-25(19-11-10-15(2)16(3)12-19)20-14-26(24(6,7)8)18(5)21(20)30-23(25)28/h10-11,14,16H,4,9,12-13H2,1-3,5-8H3. The molecule has 0 aromatic rings. The van der Waals surface area contributed by atoms with Gasteiger partial charge in [-0.3, -0.25) is 4.79 Å². The topological polar surface area (TPSA) is 52.6 Å². The van der Waals surface area contributed by atoms with Crippen LogP contribution < -0.4 is 0 Å². The van der Waals surface area contributed by atoms with Gasteiger partial charge in [0.15, 0.2) is 0 Å². The summed E-state index contributed by atoms with van der Waals surface area (Å²) in [4.78, 5) is 25.9. The van der Waals surface area contributed by atoms with Gasteiger partial charge >= 0.3 is 11.9 Å². The minimum atomic E-state index is -1.68. The van der Waals surface area contributed by atoms with Crippen molar-refractivity contribution in [3.8, 4) is 0 Å². The molecule has 2 heterocycles. The molecule has 0 bridgehead atoms. The van der Waals surface area contributed by atoms with E-state index in [-0.39, 0.29) is 22.4 Å². The highest BCUT2D eigenvalue weighted by atomic mass is 127. The molecule has 2 atom stereocenters. The molecular formula is C25H33IO4. The number of hydrogen-bond donors (Lipinski definition) is 0. The van der Waals surface area contributed by atoms with Crippen molar-refractivity contribution in [1.29, 1.82) is 0 Å². The fraction of sp³-hybridized carbons (Fsp3) is 0.520. The predicted octanol–water partition coefficient (Wildman–Crippen LogP) is 5.52. The van der Waals surface area contributed by atoms with Crippen LogP contribution in [0.1, 0.15) is 61.3 Å². The zero-order valence-electron chi connectivity index (χ0n) is 19.1. The van der Waals surface area contributed by atoms with Crippen molar-refractivity contribution in [2.45, 2.75) is 64.7 Å². The average molecular weight is 524 g/mol. The molecule has 3 rings (SSSR count). The molecule has 0 aromatic carbocycles. The minimum absolute atomic E-state index is 0.152. The van der Waals surface area contributed by atoms with Crippen LogP contribution in [-0.4, -0.2) is 29.5 Å². The first-order valence-corrected chi connectivity index (χ1v) is 13.9. The third kappa shape index (κ3) is 3.74. The monoisotopic (exact) mass is 524 g/mol. The molecule has 0 saturated heterocycles. The Morgan fingerprint density at radius 1 is 1.33 bits per heavy atom. The van der Waals surface area contributed by atoms with Crippen molar-refractivity contribution >= 4 is 38.3 Å². The maximum atomic E-state index is 13.5. The number of esters is 2. The maximum absolute atomic E-state index is 13.5. The quantitative estimate of drug-likeness (QED) is 0.206. The zero-order valence-corrected chi connectivity index (χ0v) is 21.3. The molecule has 164 valence electrons. The predicted molar refractivity (Wildman–Crippen MR) is 132 cm³/mol. The molecule has 2 aliphatic heterocycles. The zero-order chi connectivity index (χ0) is 22.4. The van der Waals surface area contributed by atoms with Crippen LogP contribution in [0.3, 0.4) is 0 Å². The van der Waals surface area contributed by atoms with Gasteiger partial charge in [-0.15, -0.1) is 18.9 Å². The molecule has 2 unspecified atom stereocenters. The number of carbonyl (C=O) groups is 2. The van der Waals surface area contributed by atoms with Crippen molar-refractivity contribution in [2.75, 3.05) is 6.61 Å². The number of ether oxygens (including phenoxy) is 2. The van der Waals surface area contributed by atoms with Crippen molar-refractivity contribution < 1.29 is 19.1 Å². The number of allylic oxidation sites excluding steroid dienone is 4. The van der Waals surface area contributed by atoms with Crippen molar-refractivity contribution in [2.24, 2.45) is 11.3 Å². The summed E-state index contributed by atoms with van der Waals surface area (Å²) in [6.07, 6.45) is 5.12. The fourth-order valence-electron chi connectivity index (χ4n) is 4.29. The van der Waals surface area contributed by atoms with E-state index in [1.165, 1.54) is 9.08 Å². The van der Waals surface area contributed by atoms with Crippen LogP contribution in [-0.2, 0) is 19.1 Å². The summed E-state index contributed by atoms with van der Waals surface area (Å²) in [7, 11) is 0. The molecule has 1 aliphatic carbocycles. The normalized spacial score (nSPS) is 26.7. The number of halogens is 1. The molecule has 4 nitrogen and oxygen atoms in total. The highest BCUT2D eigenvalue weighted by molar-refractivity contribution is 14.2. The van der Waals surface area contributed by atoms with Gasteiger partial charge in [0, 0.05) is 24.5 Å². The van der Waals surface area contributed by atoms with Gasteiger partial charge in [0.1, 0.15) is 11.2 Å². The Kier molecular flexibility index (Phi) is 6.25. The molecule has 30 heavy (non-hydrogen) atoms. The van der Waals surface area contributed by atoms with Gasteiger partial charge < -0.3 is 9.47 Å². The summed E-state index contributed by atoms with van der Waals surface area (Å²) < 4.78 is 14.9. The Morgan fingerprint density at radius 3 is 2.57 bits per heavy atom. The van der Waals surface area contributed by atoms with Crippen LogP contribution in [0, 0.1) is 11.3 Å². The summed E-state index contributed by atoms with van der Waals surface area (Å²) in [6.45, 7) is 19.2.